The first-order valence-corrected chi connectivity index (χ1v) is 8.34. The highest BCUT2D eigenvalue weighted by molar-refractivity contribution is 9.10. The van der Waals surface area contributed by atoms with Crippen LogP contribution in [0.3, 0.4) is 0 Å². The monoisotopic (exact) mass is 337 g/mol. The van der Waals surface area contributed by atoms with E-state index < -0.39 is 0 Å². The first-order chi connectivity index (χ1) is 9.13. The van der Waals surface area contributed by atoms with Crippen LogP contribution in [0, 0.1) is 13.8 Å². The van der Waals surface area contributed by atoms with Crippen LogP contribution < -0.4 is 5.32 Å². The molecule has 0 radical (unpaired) electrons. The zero-order valence-corrected chi connectivity index (χ0v) is 14.1. The van der Waals surface area contributed by atoms with Crippen LogP contribution in [0.2, 0.25) is 0 Å². The molecule has 1 nitrogen and oxygen atoms in total. The summed E-state index contributed by atoms with van der Waals surface area (Å²) >= 11 is 5.42. The fraction of sp³-hybridized carbons (Fsp3) is 0.375. The van der Waals surface area contributed by atoms with Crippen molar-refractivity contribution in [2.24, 2.45) is 0 Å². The van der Waals surface area contributed by atoms with Crippen molar-refractivity contribution in [3.63, 3.8) is 0 Å². The number of hydrogen-bond acceptors (Lipinski definition) is 2. The molecule has 0 aliphatic rings. The van der Waals surface area contributed by atoms with E-state index in [0.29, 0.717) is 6.04 Å². The summed E-state index contributed by atoms with van der Waals surface area (Å²) in [6.45, 7) is 7.58. The van der Waals surface area contributed by atoms with Crippen LogP contribution in [-0.4, -0.2) is 6.54 Å². The van der Waals surface area contributed by atoms with Crippen LogP contribution in [0.4, 0.5) is 0 Å². The Balaban J connectivity index is 2.37. The van der Waals surface area contributed by atoms with Crippen molar-refractivity contribution < 1.29 is 0 Å². The third-order valence-corrected chi connectivity index (χ3v) is 5.25. The molecule has 1 heterocycles. The van der Waals surface area contributed by atoms with E-state index in [-0.39, 0.29) is 0 Å². The van der Waals surface area contributed by atoms with Crippen LogP contribution in [0.25, 0.3) is 0 Å². The number of rotatable bonds is 5. The van der Waals surface area contributed by atoms with Crippen LogP contribution in [0.15, 0.2) is 34.1 Å². The first kappa shape index (κ1) is 14.8. The van der Waals surface area contributed by atoms with E-state index in [1.807, 2.05) is 11.3 Å². The molecule has 19 heavy (non-hydrogen) atoms. The summed E-state index contributed by atoms with van der Waals surface area (Å²) in [6, 6.07) is 9.15. The second-order valence-electron chi connectivity index (χ2n) is 4.86. The minimum Gasteiger partial charge on any atom is -0.306 e. The van der Waals surface area contributed by atoms with Gasteiger partial charge in [-0.3, -0.25) is 0 Å². The van der Waals surface area contributed by atoms with E-state index in [4.69, 9.17) is 0 Å². The Bertz CT molecular complexity index is 547. The number of halogens is 1. The third kappa shape index (κ3) is 3.47. The van der Waals surface area contributed by atoms with Gasteiger partial charge in [0.15, 0.2) is 0 Å². The van der Waals surface area contributed by atoms with Crippen LogP contribution >= 0.6 is 27.3 Å². The van der Waals surface area contributed by atoms with Gasteiger partial charge in [0.25, 0.3) is 0 Å². The summed E-state index contributed by atoms with van der Waals surface area (Å²) in [5, 5.41) is 5.85. The Kier molecular flexibility index (Phi) is 5.20. The number of benzene rings is 1. The summed E-state index contributed by atoms with van der Waals surface area (Å²) < 4.78 is 1.17. The van der Waals surface area contributed by atoms with E-state index in [1.54, 1.807) is 0 Å². The van der Waals surface area contributed by atoms with Gasteiger partial charge in [-0.1, -0.05) is 35.0 Å². The van der Waals surface area contributed by atoms with E-state index >= 15 is 0 Å². The molecule has 0 aliphatic heterocycles. The smallest absolute Gasteiger partial charge is 0.0673 e. The normalized spacial score (nSPS) is 12.6. The van der Waals surface area contributed by atoms with Gasteiger partial charge in [0.05, 0.1) is 6.04 Å². The van der Waals surface area contributed by atoms with Gasteiger partial charge in [-0.05, 0) is 61.0 Å². The van der Waals surface area contributed by atoms with Gasteiger partial charge < -0.3 is 5.32 Å². The largest absolute Gasteiger partial charge is 0.306 e. The van der Waals surface area contributed by atoms with E-state index in [2.05, 4.69) is 71.7 Å². The SMILES string of the molecule is CCCNC(c1ccc(Br)c(C)c1)c1sccc1C. The molecule has 102 valence electrons. The van der Waals surface area contributed by atoms with Gasteiger partial charge in [0, 0.05) is 9.35 Å². The van der Waals surface area contributed by atoms with Gasteiger partial charge in [0.2, 0.25) is 0 Å². The molecular weight excluding hydrogens is 318 g/mol. The minimum absolute atomic E-state index is 0.312. The predicted octanol–water partition coefficient (Wildman–Crippen LogP) is 5.22. The molecule has 1 aromatic heterocycles. The lowest BCUT2D eigenvalue weighted by Crippen LogP contribution is -2.23. The lowest BCUT2D eigenvalue weighted by Gasteiger charge is -2.20. The average Bonchev–Trinajstić information content (AvgIpc) is 2.80. The topological polar surface area (TPSA) is 12.0 Å². The van der Waals surface area contributed by atoms with Gasteiger partial charge in [-0.2, -0.15) is 0 Å². The molecule has 0 spiro atoms. The Hall–Kier alpha value is -0.640. The molecule has 0 saturated carbocycles. The molecule has 1 N–H and O–H groups in total. The van der Waals surface area contributed by atoms with Gasteiger partial charge in [-0.15, -0.1) is 11.3 Å². The summed E-state index contributed by atoms with van der Waals surface area (Å²) in [6.07, 6.45) is 1.15. The summed E-state index contributed by atoms with van der Waals surface area (Å²) in [4.78, 5) is 1.43. The van der Waals surface area contributed by atoms with E-state index in [9.17, 15) is 0 Å². The van der Waals surface area contributed by atoms with Crippen molar-refractivity contribution in [1.29, 1.82) is 0 Å². The summed E-state index contributed by atoms with van der Waals surface area (Å²) in [5.41, 5.74) is 4.01. The molecule has 2 aromatic rings. The van der Waals surface area contributed by atoms with E-state index in [1.165, 1.54) is 26.0 Å². The molecular formula is C16H20BrNS. The van der Waals surface area contributed by atoms with Crippen molar-refractivity contribution in [3.8, 4) is 0 Å². The summed E-state index contributed by atoms with van der Waals surface area (Å²) in [5.74, 6) is 0. The van der Waals surface area contributed by atoms with Crippen LogP contribution in [0.1, 0.15) is 41.0 Å². The molecule has 0 aliphatic carbocycles. The van der Waals surface area contributed by atoms with Crippen molar-refractivity contribution in [1.82, 2.24) is 5.32 Å². The van der Waals surface area contributed by atoms with E-state index in [0.717, 1.165) is 13.0 Å². The predicted molar refractivity (Wildman–Crippen MR) is 88.1 cm³/mol. The Morgan fingerprint density at radius 1 is 1.21 bits per heavy atom. The highest BCUT2D eigenvalue weighted by atomic mass is 79.9. The lowest BCUT2D eigenvalue weighted by molar-refractivity contribution is 0.603. The fourth-order valence-electron chi connectivity index (χ4n) is 2.18. The van der Waals surface area contributed by atoms with Crippen molar-refractivity contribution in [3.05, 3.63) is 55.7 Å². The minimum atomic E-state index is 0.312. The van der Waals surface area contributed by atoms with Crippen molar-refractivity contribution in [2.45, 2.75) is 33.2 Å². The van der Waals surface area contributed by atoms with Crippen LogP contribution in [0.5, 0.6) is 0 Å². The second kappa shape index (κ2) is 6.69. The second-order valence-corrected chi connectivity index (χ2v) is 6.67. The standard InChI is InChI=1S/C16H20BrNS/c1-4-8-18-15(16-11(2)7-9-19-16)13-5-6-14(17)12(3)10-13/h5-7,9-10,15,18H,4,8H2,1-3H3. The van der Waals surface area contributed by atoms with Gasteiger partial charge in [-0.25, -0.2) is 0 Å². The first-order valence-electron chi connectivity index (χ1n) is 6.67. The zero-order valence-electron chi connectivity index (χ0n) is 11.7. The molecule has 0 fully saturated rings. The Morgan fingerprint density at radius 2 is 2.00 bits per heavy atom. The summed E-state index contributed by atoms with van der Waals surface area (Å²) in [7, 11) is 0. The molecule has 2 rings (SSSR count). The zero-order chi connectivity index (χ0) is 13.8. The molecule has 3 heteroatoms. The molecule has 0 bridgehead atoms. The maximum absolute atomic E-state index is 3.67. The average molecular weight is 338 g/mol. The molecule has 0 amide bonds. The highest BCUT2D eigenvalue weighted by Crippen LogP contribution is 2.31. The Labute approximate surface area is 128 Å². The third-order valence-electron chi connectivity index (χ3n) is 3.28. The molecule has 0 saturated heterocycles. The molecule has 1 unspecified atom stereocenters. The quantitative estimate of drug-likeness (QED) is 0.788. The maximum atomic E-state index is 3.67. The number of aryl methyl sites for hydroxylation is 2. The van der Waals surface area contributed by atoms with Gasteiger partial charge in [0.1, 0.15) is 0 Å². The van der Waals surface area contributed by atoms with Crippen molar-refractivity contribution >= 4 is 27.3 Å². The number of thiophene rings is 1. The number of hydrogen-bond donors (Lipinski definition) is 1. The van der Waals surface area contributed by atoms with Crippen LogP contribution in [-0.2, 0) is 0 Å². The number of nitrogens with one attached hydrogen (secondary N) is 1. The van der Waals surface area contributed by atoms with Gasteiger partial charge >= 0.3 is 0 Å². The lowest BCUT2D eigenvalue weighted by atomic mass is 10.0. The maximum Gasteiger partial charge on any atom is 0.0673 e. The molecule has 1 atom stereocenters. The van der Waals surface area contributed by atoms with Crippen molar-refractivity contribution in [2.75, 3.05) is 6.54 Å². The Morgan fingerprint density at radius 3 is 2.58 bits per heavy atom. The highest BCUT2D eigenvalue weighted by Gasteiger charge is 2.17. The molecule has 1 aromatic carbocycles. The fourth-order valence-corrected chi connectivity index (χ4v) is 3.45.